The van der Waals surface area contributed by atoms with Crippen molar-refractivity contribution in [1.82, 2.24) is 0 Å². The zero-order valence-electron chi connectivity index (χ0n) is 28.6. The molecule has 0 heteroatoms. The minimum absolute atomic E-state index is 1.22. The molecule has 0 spiro atoms. The van der Waals surface area contributed by atoms with Crippen molar-refractivity contribution in [2.24, 2.45) is 0 Å². The molecular formula is C52H34. The van der Waals surface area contributed by atoms with Gasteiger partial charge in [0.2, 0.25) is 0 Å². The molecule has 0 aromatic heterocycles. The van der Waals surface area contributed by atoms with Gasteiger partial charge in [-0.05, 0) is 117 Å². The second-order valence-corrected chi connectivity index (χ2v) is 13.7. The fourth-order valence-corrected chi connectivity index (χ4v) is 8.14. The lowest BCUT2D eigenvalue weighted by atomic mass is 9.85. The molecule has 0 N–H and O–H groups in total. The number of fused-ring (bicyclic) bond motifs is 4. The van der Waals surface area contributed by atoms with Crippen LogP contribution < -0.4 is 0 Å². The molecule has 242 valence electrons. The Morgan fingerprint density at radius 3 is 1.31 bits per heavy atom. The van der Waals surface area contributed by atoms with Crippen molar-refractivity contribution in [3.8, 4) is 55.6 Å². The van der Waals surface area contributed by atoms with Gasteiger partial charge in [0, 0.05) is 0 Å². The standard InChI is InChI=1S/C52H34/c1-2-12-35(13-3-1)40-16-10-17-42(32-40)51-47-19-6-8-21-49(47)52(50-22-9-7-20-48(50)51)43-31-27-37-26-30-41(33-44(37)34-43)36-24-28-39(29-25-36)46-23-11-15-38-14-4-5-18-45(38)46/h1-34H. The third-order valence-corrected chi connectivity index (χ3v) is 10.6. The van der Waals surface area contributed by atoms with Crippen LogP contribution in [0.2, 0.25) is 0 Å². The van der Waals surface area contributed by atoms with E-state index in [4.69, 9.17) is 0 Å². The number of hydrogen-bond donors (Lipinski definition) is 0. The van der Waals surface area contributed by atoms with Crippen LogP contribution in [0, 0.1) is 0 Å². The van der Waals surface area contributed by atoms with Gasteiger partial charge in [0.05, 0.1) is 0 Å². The number of hydrogen-bond acceptors (Lipinski definition) is 0. The predicted octanol–water partition coefficient (Wildman–Crippen LogP) is 14.6. The van der Waals surface area contributed by atoms with Crippen molar-refractivity contribution in [3.05, 3.63) is 206 Å². The fourth-order valence-electron chi connectivity index (χ4n) is 8.14. The van der Waals surface area contributed by atoms with E-state index in [2.05, 4.69) is 206 Å². The van der Waals surface area contributed by atoms with Gasteiger partial charge < -0.3 is 0 Å². The smallest absolute Gasteiger partial charge is 0.00262 e. The maximum atomic E-state index is 2.38. The zero-order valence-corrected chi connectivity index (χ0v) is 28.6. The van der Waals surface area contributed by atoms with E-state index in [0.29, 0.717) is 0 Å². The summed E-state index contributed by atoms with van der Waals surface area (Å²) in [5, 5.41) is 10.1. The Bertz CT molecular complexity index is 2870. The Balaban J connectivity index is 1.09. The van der Waals surface area contributed by atoms with Gasteiger partial charge in [0.25, 0.3) is 0 Å². The van der Waals surface area contributed by atoms with Gasteiger partial charge >= 0.3 is 0 Å². The molecule has 10 aromatic rings. The number of rotatable bonds is 5. The summed E-state index contributed by atoms with van der Waals surface area (Å²) in [7, 11) is 0. The van der Waals surface area contributed by atoms with E-state index in [9.17, 15) is 0 Å². The lowest BCUT2D eigenvalue weighted by Gasteiger charge is -2.18. The summed E-state index contributed by atoms with van der Waals surface area (Å²) >= 11 is 0. The minimum atomic E-state index is 1.22. The van der Waals surface area contributed by atoms with Crippen LogP contribution in [0.5, 0.6) is 0 Å². The summed E-state index contributed by atoms with van der Waals surface area (Å²) in [6.45, 7) is 0. The van der Waals surface area contributed by atoms with Crippen molar-refractivity contribution in [2.45, 2.75) is 0 Å². The average molecular weight is 659 g/mol. The summed E-state index contributed by atoms with van der Waals surface area (Å²) in [4.78, 5) is 0. The van der Waals surface area contributed by atoms with Crippen molar-refractivity contribution < 1.29 is 0 Å². The van der Waals surface area contributed by atoms with Crippen LogP contribution in [0.4, 0.5) is 0 Å². The van der Waals surface area contributed by atoms with Crippen LogP contribution in [0.1, 0.15) is 0 Å². The van der Waals surface area contributed by atoms with Crippen LogP contribution in [-0.2, 0) is 0 Å². The van der Waals surface area contributed by atoms with Crippen molar-refractivity contribution in [3.63, 3.8) is 0 Å². The van der Waals surface area contributed by atoms with Crippen LogP contribution in [0.25, 0.3) is 98.7 Å². The summed E-state index contributed by atoms with van der Waals surface area (Å²) in [5.74, 6) is 0. The van der Waals surface area contributed by atoms with E-state index in [1.54, 1.807) is 0 Å². The molecule has 0 saturated carbocycles. The molecule has 0 saturated heterocycles. The van der Waals surface area contributed by atoms with Gasteiger partial charge in [-0.3, -0.25) is 0 Å². The Morgan fingerprint density at radius 2 is 0.615 bits per heavy atom. The van der Waals surface area contributed by atoms with Crippen LogP contribution in [0.15, 0.2) is 206 Å². The third-order valence-electron chi connectivity index (χ3n) is 10.6. The Morgan fingerprint density at radius 1 is 0.192 bits per heavy atom. The first kappa shape index (κ1) is 30.1. The molecule has 52 heavy (non-hydrogen) atoms. The maximum absolute atomic E-state index is 2.38. The van der Waals surface area contributed by atoms with Crippen LogP contribution in [0.3, 0.4) is 0 Å². The second-order valence-electron chi connectivity index (χ2n) is 13.7. The molecular weight excluding hydrogens is 625 g/mol. The second kappa shape index (κ2) is 12.5. The highest BCUT2D eigenvalue weighted by atomic mass is 14.2. The lowest BCUT2D eigenvalue weighted by molar-refractivity contribution is 1.61. The quantitative estimate of drug-likeness (QED) is 0.161. The minimum Gasteiger partial charge on any atom is -0.0622 e. The average Bonchev–Trinajstić information content (AvgIpc) is 3.22. The molecule has 0 aliphatic carbocycles. The number of benzene rings is 10. The SMILES string of the molecule is c1ccc(-c2cccc(-c3c4ccccc4c(-c4ccc5ccc(-c6ccc(-c7cccc8ccccc78)cc6)cc5c4)c4ccccc34)c2)cc1. The van der Waals surface area contributed by atoms with Gasteiger partial charge in [-0.1, -0.05) is 188 Å². The van der Waals surface area contributed by atoms with Crippen molar-refractivity contribution in [2.75, 3.05) is 0 Å². The summed E-state index contributed by atoms with van der Waals surface area (Å²) < 4.78 is 0. The van der Waals surface area contributed by atoms with E-state index in [1.807, 2.05) is 0 Å². The highest BCUT2D eigenvalue weighted by Crippen LogP contribution is 2.45. The molecule has 0 bridgehead atoms. The summed E-state index contributed by atoms with van der Waals surface area (Å²) in [6, 6.07) is 75.5. The molecule has 0 atom stereocenters. The van der Waals surface area contributed by atoms with Gasteiger partial charge in [-0.25, -0.2) is 0 Å². The fraction of sp³-hybridized carbons (Fsp3) is 0. The van der Waals surface area contributed by atoms with Gasteiger partial charge in [-0.15, -0.1) is 0 Å². The normalized spacial score (nSPS) is 11.5. The van der Waals surface area contributed by atoms with E-state index in [-0.39, 0.29) is 0 Å². The first-order chi connectivity index (χ1) is 25.8. The summed E-state index contributed by atoms with van der Waals surface area (Å²) in [6.07, 6.45) is 0. The first-order valence-electron chi connectivity index (χ1n) is 18.0. The molecule has 0 aliphatic rings. The maximum Gasteiger partial charge on any atom is -0.00262 e. The predicted molar refractivity (Wildman–Crippen MR) is 224 cm³/mol. The molecule has 0 heterocycles. The molecule has 0 unspecified atom stereocenters. The Hall–Kier alpha value is -6.76. The van der Waals surface area contributed by atoms with Gasteiger partial charge in [0.1, 0.15) is 0 Å². The molecule has 0 radical (unpaired) electrons. The van der Waals surface area contributed by atoms with E-state index >= 15 is 0 Å². The van der Waals surface area contributed by atoms with Crippen molar-refractivity contribution >= 4 is 43.1 Å². The van der Waals surface area contributed by atoms with E-state index in [0.717, 1.165) is 0 Å². The van der Waals surface area contributed by atoms with Crippen LogP contribution in [-0.4, -0.2) is 0 Å². The topological polar surface area (TPSA) is 0 Å². The third kappa shape index (κ3) is 5.16. The molecule has 0 nitrogen and oxygen atoms in total. The molecule has 10 aromatic carbocycles. The molecule has 10 rings (SSSR count). The Kier molecular flexibility index (Phi) is 7.25. The summed E-state index contributed by atoms with van der Waals surface area (Å²) in [5.41, 5.74) is 12.4. The highest BCUT2D eigenvalue weighted by molar-refractivity contribution is 6.22. The van der Waals surface area contributed by atoms with Crippen molar-refractivity contribution in [1.29, 1.82) is 0 Å². The van der Waals surface area contributed by atoms with Gasteiger partial charge in [-0.2, -0.15) is 0 Å². The van der Waals surface area contributed by atoms with Gasteiger partial charge in [0.15, 0.2) is 0 Å². The molecule has 0 aliphatic heterocycles. The Labute approximate surface area is 303 Å². The zero-order chi connectivity index (χ0) is 34.4. The van der Waals surface area contributed by atoms with Crippen LogP contribution >= 0.6 is 0 Å². The van der Waals surface area contributed by atoms with E-state index in [1.165, 1.54) is 98.7 Å². The monoisotopic (exact) mass is 658 g/mol. The lowest BCUT2D eigenvalue weighted by Crippen LogP contribution is -1.91. The largest absolute Gasteiger partial charge is 0.0622 e. The molecule has 0 amide bonds. The molecule has 0 fully saturated rings. The first-order valence-corrected chi connectivity index (χ1v) is 18.0. The highest BCUT2D eigenvalue weighted by Gasteiger charge is 2.17. The van der Waals surface area contributed by atoms with E-state index < -0.39 is 0 Å².